The number of fused-ring (bicyclic) bond motifs is 2. The third kappa shape index (κ3) is 3.09. The summed E-state index contributed by atoms with van der Waals surface area (Å²) in [7, 11) is 0. The number of benzene rings is 1. The Kier molecular flexibility index (Phi) is 3.72. The molecule has 2 atom stereocenters. The van der Waals surface area contributed by atoms with E-state index >= 15 is 0 Å². The molecule has 3 rings (SSSR count). The smallest absolute Gasteiger partial charge is 0.0748 e. The lowest BCUT2D eigenvalue weighted by Gasteiger charge is -2.25. The molecular formula is C18H24N2O. The van der Waals surface area contributed by atoms with E-state index in [0.29, 0.717) is 6.54 Å². The third-order valence-electron chi connectivity index (χ3n) is 4.22. The summed E-state index contributed by atoms with van der Waals surface area (Å²) in [6.45, 7) is 6.97. The molecule has 21 heavy (non-hydrogen) atoms. The number of aliphatic hydroxyl groups excluding tert-OH is 1. The number of aliphatic hydroxyl groups is 1. The summed E-state index contributed by atoms with van der Waals surface area (Å²) in [5.41, 5.74) is 3.45. The lowest BCUT2D eigenvalue weighted by Crippen LogP contribution is -2.42. The second kappa shape index (κ2) is 5.39. The van der Waals surface area contributed by atoms with Crippen molar-refractivity contribution in [1.82, 2.24) is 10.3 Å². The van der Waals surface area contributed by atoms with Gasteiger partial charge >= 0.3 is 0 Å². The Labute approximate surface area is 126 Å². The molecule has 0 spiro atoms. The van der Waals surface area contributed by atoms with E-state index in [1.54, 1.807) is 0 Å². The first-order chi connectivity index (χ1) is 9.94. The molecule has 1 aromatic carbocycles. The van der Waals surface area contributed by atoms with E-state index in [9.17, 15) is 5.11 Å². The lowest BCUT2D eigenvalue weighted by atomic mass is 9.98. The van der Waals surface area contributed by atoms with E-state index in [4.69, 9.17) is 4.98 Å². The van der Waals surface area contributed by atoms with Crippen molar-refractivity contribution in [3.8, 4) is 0 Å². The maximum absolute atomic E-state index is 10.5. The largest absolute Gasteiger partial charge is 0.391 e. The Morgan fingerprint density at radius 1 is 1.33 bits per heavy atom. The van der Waals surface area contributed by atoms with Crippen LogP contribution in [0.3, 0.4) is 0 Å². The predicted octanol–water partition coefficient (Wildman–Crippen LogP) is 3.01. The average Bonchev–Trinajstić information content (AvgIpc) is 2.84. The fourth-order valence-corrected chi connectivity index (χ4v) is 3.07. The first-order valence-corrected chi connectivity index (χ1v) is 7.76. The maximum atomic E-state index is 10.5. The normalized spacial score (nSPS) is 19.7. The van der Waals surface area contributed by atoms with Crippen molar-refractivity contribution in [3.05, 3.63) is 41.6 Å². The van der Waals surface area contributed by atoms with Gasteiger partial charge in [0.05, 0.1) is 17.3 Å². The molecule has 0 amide bonds. The van der Waals surface area contributed by atoms with Gasteiger partial charge in [0.15, 0.2) is 0 Å². The topological polar surface area (TPSA) is 45.1 Å². The molecule has 2 unspecified atom stereocenters. The van der Waals surface area contributed by atoms with Crippen molar-refractivity contribution in [2.75, 3.05) is 6.54 Å². The molecule has 1 heterocycles. The van der Waals surface area contributed by atoms with E-state index in [0.717, 1.165) is 24.1 Å². The van der Waals surface area contributed by atoms with E-state index < -0.39 is 0 Å². The third-order valence-corrected chi connectivity index (χ3v) is 4.22. The number of aromatic nitrogens is 1. The number of rotatable bonds is 3. The zero-order valence-electron chi connectivity index (χ0n) is 13.1. The zero-order valence-corrected chi connectivity index (χ0v) is 13.1. The molecule has 1 aliphatic rings. The summed E-state index contributed by atoms with van der Waals surface area (Å²) < 4.78 is 0. The Morgan fingerprint density at radius 2 is 2.10 bits per heavy atom. The van der Waals surface area contributed by atoms with E-state index in [-0.39, 0.29) is 17.6 Å². The second-order valence-corrected chi connectivity index (χ2v) is 7.07. The summed E-state index contributed by atoms with van der Waals surface area (Å²) in [5.74, 6) is 0.152. The minimum atomic E-state index is -0.376. The van der Waals surface area contributed by atoms with Gasteiger partial charge in [-0.1, -0.05) is 18.2 Å². The second-order valence-electron chi connectivity index (χ2n) is 7.07. The van der Waals surface area contributed by atoms with Crippen LogP contribution < -0.4 is 5.32 Å². The number of hydrogen-bond donors (Lipinski definition) is 2. The fourth-order valence-electron chi connectivity index (χ4n) is 3.07. The first kappa shape index (κ1) is 14.5. The molecule has 0 bridgehead atoms. The monoisotopic (exact) mass is 284 g/mol. The van der Waals surface area contributed by atoms with Crippen molar-refractivity contribution in [2.24, 2.45) is 0 Å². The molecule has 2 aromatic rings. The number of nitrogens with zero attached hydrogens (tertiary/aromatic N) is 1. The highest BCUT2D eigenvalue weighted by Gasteiger charge is 2.30. The molecule has 2 N–H and O–H groups in total. The highest BCUT2D eigenvalue weighted by atomic mass is 16.3. The lowest BCUT2D eigenvalue weighted by molar-refractivity contribution is 0.130. The van der Waals surface area contributed by atoms with Crippen LogP contribution in [0, 0.1) is 0 Å². The van der Waals surface area contributed by atoms with Crippen molar-refractivity contribution in [1.29, 1.82) is 0 Å². The summed E-state index contributed by atoms with van der Waals surface area (Å²) in [6, 6.07) is 10.5. The van der Waals surface area contributed by atoms with Crippen molar-refractivity contribution < 1.29 is 5.11 Å². The van der Waals surface area contributed by atoms with Gasteiger partial charge in [-0.3, -0.25) is 4.98 Å². The van der Waals surface area contributed by atoms with E-state index in [1.807, 2.05) is 18.2 Å². The van der Waals surface area contributed by atoms with Crippen LogP contribution in [-0.4, -0.2) is 28.3 Å². The molecule has 0 aliphatic heterocycles. The number of para-hydroxylation sites is 1. The van der Waals surface area contributed by atoms with Gasteiger partial charge in [-0.25, -0.2) is 0 Å². The molecule has 0 radical (unpaired) electrons. The molecule has 0 saturated heterocycles. The van der Waals surface area contributed by atoms with Crippen LogP contribution in [0.5, 0.6) is 0 Å². The van der Waals surface area contributed by atoms with Crippen LogP contribution in [0.1, 0.15) is 44.4 Å². The van der Waals surface area contributed by atoms with Crippen molar-refractivity contribution >= 4 is 10.9 Å². The fraction of sp³-hybridized carbons (Fsp3) is 0.500. The summed E-state index contributed by atoms with van der Waals surface area (Å²) in [5, 5.41) is 15.1. The molecule has 112 valence electrons. The van der Waals surface area contributed by atoms with Gasteiger partial charge in [0, 0.05) is 23.4 Å². The van der Waals surface area contributed by atoms with Gasteiger partial charge in [-0.2, -0.15) is 0 Å². The quantitative estimate of drug-likeness (QED) is 0.910. The number of pyridine rings is 1. The Balaban J connectivity index is 1.84. The zero-order chi connectivity index (χ0) is 15.0. The van der Waals surface area contributed by atoms with Crippen LogP contribution in [0.25, 0.3) is 10.9 Å². The minimum absolute atomic E-state index is 0.0270. The van der Waals surface area contributed by atoms with Crippen LogP contribution in [0.2, 0.25) is 0 Å². The average molecular weight is 284 g/mol. The standard InChI is InChI=1S/C18H24N2O/c1-18(2,3)19-11-16(21)14-9-8-13-10-12-6-4-5-7-15(12)20-17(13)14/h4-7,10,14,16,19,21H,8-9,11H2,1-3H3. The van der Waals surface area contributed by atoms with Gasteiger partial charge < -0.3 is 10.4 Å². The molecule has 3 heteroatoms. The Bertz CT molecular complexity index is 645. The van der Waals surface area contributed by atoms with Gasteiger partial charge in [0.2, 0.25) is 0 Å². The number of aryl methyl sites for hydroxylation is 1. The van der Waals surface area contributed by atoms with Crippen molar-refractivity contribution in [2.45, 2.75) is 51.2 Å². The van der Waals surface area contributed by atoms with E-state index in [1.165, 1.54) is 10.9 Å². The Hall–Kier alpha value is -1.45. The van der Waals surface area contributed by atoms with Gasteiger partial charge in [0.25, 0.3) is 0 Å². The molecule has 1 aromatic heterocycles. The predicted molar refractivity (Wildman–Crippen MR) is 86.6 cm³/mol. The van der Waals surface area contributed by atoms with Gasteiger partial charge in [0.1, 0.15) is 0 Å². The number of β-amino-alcohol motifs (C(OH)–C–C–N with tert-alkyl or cyclic N) is 1. The first-order valence-electron chi connectivity index (χ1n) is 7.76. The summed E-state index contributed by atoms with van der Waals surface area (Å²) >= 11 is 0. The van der Waals surface area contributed by atoms with E-state index in [2.05, 4.69) is 38.2 Å². The van der Waals surface area contributed by atoms with Gasteiger partial charge in [-0.05, 0) is 51.3 Å². The molecular weight excluding hydrogens is 260 g/mol. The summed E-state index contributed by atoms with van der Waals surface area (Å²) in [6.07, 6.45) is 1.63. The minimum Gasteiger partial charge on any atom is -0.391 e. The molecule has 1 aliphatic carbocycles. The number of nitrogens with one attached hydrogen (secondary N) is 1. The highest BCUT2D eigenvalue weighted by molar-refractivity contribution is 5.79. The molecule has 0 saturated carbocycles. The van der Waals surface area contributed by atoms with Crippen LogP contribution in [-0.2, 0) is 6.42 Å². The maximum Gasteiger partial charge on any atom is 0.0748 e. The van der Waals surface area contributed by atoms with Crippen LogP contribution >= 0.6 is 0 Å². The van der Waals surface area contributed by atoms with Crippen LogP contribution in [0.15, 0.2) is 30.3 Å². The highest BCUT2D eigenvalue weighted by Crippen LogP contribution is 2.35. The Morgan fingerprint density at radius 3 is 2.86 bits per heavy atom. The molecule has 0 fully saturated rings. The molecule has 3 nitrogen and oxygen atoms in total. The van der Waals surface area contributed by atoms with Crippen LogP contribution in [0.4, 0.5) is 0 Å². The summed E-state index contributed by atoms with van der Waals surface area (Å²) in [4.78, 5) is 4.81. The SMILES string of the molecule is CC(C)(C)NCC(O)C1CCc2cc3ccccc3nc21. The van der Waals surface area contributed by atoms with Crippen molar-refractivity contribution in [3.63, 3.8) is 0 Å². The van der Waals surface area contributed by atoms with Gasteiger partial charge in [-0.15, -0.1) is 0 Å². The number of hydrogen-bond acceptors (Lipinski definition) is 3.